The zero-order chi connectivity index (χ0) is 22.1. The molecule has 0 aliphatic heterocycles. The number of hydrogen-bond acceptors (Lipinski definition) is 3. The molecule has 0 heterocycles. The van der Waals surface area contributed by atoms with Gasteiger partial charge in [-0.15, -0.1) is 0 Å². The normalized spacial score (nSPS) is 35.4. The van der Waals surface area contributed by atoms with Crippen LogP contribution in [-0.4, -0.2) is 33.1 Å². The van der Waals surface area contributed by atoms with Gasteiger partial charge in [0.15, 0.2) is 0 Å². The van der Waals surface area contributed by atoms with Crippen LogP contribution in [0.3, 0.4) is 0 Å². The van der Waals surface area contributed by atoms with E-state index in [0.29, 0.717) is 36.0 Å². The van der Waals surface area contributed by atoms with Crippen LogP contribution in [0.5, 0.6) is 0 Å². The lowest BCUT2D eigenvalue weighted by molar-refractivity contribution is 0.0614. The molecule has 1 saturated carbocycles. The summed E-state index contributed by atoms with van der Waals surface area (Å²) in [5.74, 6) is 8.73. The number of aliphatic hydroxyl groups is 3. The van der Waals surface area contributed by atoms with E-state index in [0.717, 1.165) is 30.4 Å². The molecule has 0 aromatic rings. The Morgan fingerprint density at radius 1 is 1.23 bits per heavy atom. The first kappa shape index (κ1) is 23.6. The largest absolute Gasteiger partial charge is 0.393 e. The number of allylic oxidation sites excluding steroid dienone is 2. The average Bonchev–Trinajstić information content (AvgIpc) is 3.00. The highest BCUT2D eigenvalue weighted by Gasteiger charge is 2.50. The summed E-state index contributed by atoms with van der Waals surface area (Å²) >= 11 is 0. The fourth-order valence-corrected chi connectivity index (χ4v) is 6.36. The molecule has 0 unspecified atom stereocenters. The smallest absolute Gasteiger partial charge is 0.0784 e. The minimum absolute atomic E-state index is 0.307. The Morgan fingerprint density at radius 3 is 2.67 bits per heavy atom. The van der Waals surface area contributed by atoms with Gasteiger partial charge in [-0.3, -0.25) is 0 Å². The second kappa shape index (κ2) is 9.19. The first-order valence-corrected chi connectivity index (χ1v) is 12.0. The van der Waals surface area contributed by atoms with Gasteiger partial charge in [-0.1, -0.05) is 44.6 Å². The van der Waals surface area contributed by atoms with Gasteiger partial charge in [-0.25, -0.2) is 0 Å². The summed E-state index contributed by atoms with van der Waals surface area (Å²) in [6.07, 6.45) is 10.2. The highest BCUT2D eigenvalue weighted by Crippen LogP contribution is 2.58. The summed E-state index contributed by atoms with van der Waals surface area (Å²) in [6, 6.07) is 0. The van der Waals surface area contributed by atoms with Gasteiger partial charge in [0.05, 0.1) is 17.8 Å². The fraction of sp³-hybridized carbons (Fsp3) is 0.778. The molecule has 0 spiro atoms. The maximum absolute atomic E-state index is 10.1. The third-order valence-corrected chi connectivity index (χ3v) is 8.24. The molecule has 0 amide bonds. The van der Waals surface area contributed by atoms with Crippen LogP contribution in [0.25, 0.3) is 0 Å². The van der Waals surface area contributed by atoms with E-state index in [4.69, 9.17) is 0 Å². The maximum Gasteiger partial charge on any atom is 0.0784 e. The Balaban J connectivity index is 1.71. The van der Waals surface area contributed by atoms with Crippen molar-refractivity contribution in [2.45, 2.75) is 110 Å². The van der Waals surface area contributed by atoms with E-state index in [2.05, 4.69) is 31.8 Å². The van der Waals surface area contributed by atoms with Crippen molar-refractivity contribution in [1.82, 2.24) is 0 Å². The quantitative estimate of drug-likeness (QED) is 0.545. The van der Waals surface area contributed by atoms with Crippen molar-refractivity contribution >= 4 is 0 Å². The zero-order valence-electron chi connectivity index (χ0n) is 19.7. The molecule has 3 aliphatic carbocycles. The van der Waals surface area contributed by atoms with E-state index in [-0.39, 0.29) is 0 Å². The van der Waals surface area contributed by atoms with E-state index in [1.165, 1.54) is 31.3 Å². The van der Waals surface area contributed by atoms with Crippen molar-refractivity contribution in [1.29, 1.82) is 0 Å². The van der Waals surface area contributed by atoms with Crippen molar-refractivity contribution in [3.05, 3.63) is 22.8 Å². The van der Waals surface area contributed by atoms with Crippen molar-refractivity contribution in [2.75, 3.05) is 0 Å². The summed E-state index contributed by atoms with van der Waals surface area (Å²) in [5.41, 5.74) is 2.87. The summed E-state index contributed by atoms with van der Waals surface area (Å²) in [4.78, 5) is 0. The van der Waals surface area contributed by atoms with E-state index in [9.17, 15) is 15.3 Å². The molecular weight excluding hydrogens is 372 g/mol. The second-order valence-corrected chi connectivity index (χ2v) is 11.1. The predicted octanol–water partition coefficient (Wildman–Crippen LogP) is 5.15. The van der Waals surface area contributed by atoms with Crippen LogP contribution in [0.2, 0.25) is 0 Å². The van der Waals surface area contributed by atoms with Crippen LogP contribution >= 0.6 is 0 Å². The number of aliphatic hydroxyl groups excluding tert-OH is 2. The molecule has 0 aromatic carbocycles. The third kappa shape index (κ3) is 5.21. The van der Waals surface area contributed by atoms with Gasteiger partial charge in [0.25, 0.3) is 0 Å². The minimum atomic E-state index is -0.565. The van der Waals surface area contributed by atoms with Gasteiger partial charge in [0.1, 0.15) is 0 Å². The van der Waals surface area contributed by atoms with E-state index in [1.54, 1.807) is 0 Å². The lowest BCUT2D eigenvalue weighted by atomic mass is 9.62. The van der Waals surface area contributed by atoms with Gasteiger partial charge in [-0.05, 0) is 81.6 Å². The molecule has 1 fully saturated rings. The molecule has 0 aromatic heterocycles. The van der Waals surface area contributed by atoms with Gasteiger partial charge in [0, 0.05) is 24.0 Å². The third-order valence-electron chi connectivity index (χ3n) is 8.24. The molecule has 6 atom stereocenters. The molecular formula is C27H42O3. The standard InChI is InChI=1S/C27H42O3/c1-18(8-6-14-26(3,4)30)23-12-13-24-20(9-7-15-27(23,24)5)10-11-21-16-22(28)17-25(29)19(21)2/h9,18,22-25,28-30H,6-8,12-17H2,1-5H3/t18-,22+,23-,24+,25-,27-/m1/s1. The Bertz CT molecular complexity index is 744. The SMILES string of the molecule is CC1=C(C#CC2=CCC[C@]3(C)[C@@H]([C@H](C)CCCC(C)(C)O)CC[C@@H]23)C[C@H](O)C[C@H]1O. The zero-order valence-corrected chi connectivity index (χ0v) is 19.7. The van der Waals surface area contributed by atoms with Crippen LogP contribution in [-0.2, 0) is 0 Å². The van der Waals surface area contributed by atoms with Crippen LogP contribution in [0.15, 0.2) is 22.8 Å². The minimum Gasteiger partial charge on any atom is -0.393 e. The van der Waals surface area contributed by atoms with Gasteiger partial charge < -0.3 is 15.3 Å². The molecule has 0 saturated heterocycles. The first-order chi connectivity index (χ1) is 14.0. The topological polar surface area (TPSA) is 60.7 Å². The van der Waals surface area contributed by atoms with Crippen molar-refractivity contribution in [3.63, 3.8) is 0 Å². The number of fused-ring (bicyclic) bond motifs is 1. The van der Waals surface area contributed by atoms with Gasteiger partial charge in [0.2, 0.25) is 0 Å². The van der Waals surface area contributed by atoms with Crippen LogP contribution in [0, 0.1) is 35.0 Å². The molecule has 0 radical (unpaired) electrons. The van der Waals surface area contributed by atoms with Crippen LogP contribution in [0.4, 0.5) is 0 Å². The summed E-state index contributed by atoms with van der Waals surface area (Å²) in [5, 5.41) is 30.2. The van der Waals surface area contributed by atoms with Gasteiger partial charge >= 0.3 is 0 Å². The molecule has 3 heteroatoms. The summed E-state index contributed by atoms with van der Waals surface area (Å²) in [6.45, 7) is 10.6. The first-order valence-electron chi connectivity index (χ1n) is 12.0. The lowest BCUT2D eigenvalue weighted by Gasteiger charge is -2.42. The molecule has 30 heavy (non-hydrogen) atoms. The monoisotopic (exact) mass is 414 g/mol. The molecule has 0 bridgehead atoms. The van der Waals surface area contributed by atoms with Crippen LogP contribution < -0.4 is 0 Å². The van der Waals surface area contributed by atoms with Crippen molar-refractivity contribution < 1.29 is 15.3 Å². The van der Waals surface area contributed by atoms with E-state index in [1.807, 2.05) is 20.8 Å². The number of rotatable bonds is 5. The highest BCUT2D eigenvalue weighted by atomic mass is 16.3. The maximum atomic E-state index is 10.1. The Labute approximate surface area is 183 Å². The molecule has 3 nitrogen and oxygen atoms in total. The molecule has 3 N–H and O–H groups in total. The predicted molar refractivity (Wildman–Crippen MR) is 123 cm³/mol. The summed E-state index contributed by atoms with van der Waals surface area (Å²) in [7, 11) is 0. The Kier molecular flexibility index (Phi) is 7.22. The van der Waals surface area contributed by atoms with Crippen LogP contribution in [0.1, 0.15) is 92.4 Å². The molecule has 3 aliphatic rings. The van der Waals surface area contributed by atoms with E-state index >= 15 is 0 Å². The summed E-state index contributed by atoms with van der Waals surface area (Å²) < 4.78 is 0. The molecule has 3 rings (SSSR count). The Morgan fingerprint density at radius 2 is 1.97 bits per heavy atom. The highest BCUT2D eigenvalue weighted by molar-refractivity contribution is 5.44. The molecule has 168 valence electrons. The Hall–Kier alpha value is -1.08. The van der Waals surface area contributed by atoms with Gasteiger partial charge in [-0.2, -0.15) is 0 Å². The van der Waals surface area contributed by atoms with E-state index < -0.39 is 17.8 Å². The average molecular weight is 415 g/mol. The van der Waals surface area contributed by atoms with Crippen molar-refractivity contribution in [2.24, 2.45) is 23.2 Å². The second-order valence-electron chi connectivity index (χ2n) is 11.1. The lowest BCUT2D eigenvalue weighted by Crippen LogP contribution is -2.35. The van der Waals surface area contributed by atoms with Crippen molar-refractivity contribution in [3.8, 4) is 11.8 Å². The fourth-order valence-electron chi connectivity index (χ4n) is 6.36. The number of hydrogen-bond donors (Lipinski definition) is 3.